The Morgan fingerprint density at radius 1 is 0.970 bits per heavy atom. The van der Waals surface area contributed by atoms with Crippen LogP contribution in [0.3, 0.4) is 0 Å². The molecule has 1 amide bonds. The van der Waals surface area contributed by atoms with Gasteiger partial charge in [0, 0.05) is 13.0 Å². The average Bonchev–Trinajstić information content (AvgIpc) is 2.82. The third-order valence-electron chi connectivity index (χ3n) is 6.28. The summed E-state index contributed by atoms with van der Waals surface area (Å²) < 4.78 is 1.71. The van der Waals surface area contributed by atoms with E-state index in [2.05, 4.69) is 13.8 Å². The molecular formula is C28H37N3O2. The van der Waals surface area contributed by atoms with Gasteiger partial charge in [-0.25, -0.2) is 4.98 Å². The first-order valence-electron chi connectivity index (χ1n) is 12.4. The average molecular weight is 448 g/mol. The maximum atomic E-state index is 13.6. The standard InChI is InChI=1S/C28H37N3O2/c1-5-7-8-9-10-19-26(32)30(20-6-2)22(4)27-29-24-17-13-12-16-23(24)28(33)31(27)25-18-14-11-15-21(25)3/h11-18,22H,5-10,19-20H2,1-4H3. The van der Waals surface area contributed by atoms with Crippen LogP contribution < -0.4 is 5.56 Å². The third-order valence-corrected chi connectivity index (χ3v) is 6.28. The highest BCUT2D eigenvalue weighted by Crippen LogP contribution is 2.25. The molecule has 0 fully saturated rings. The van der Waals surface area contributed by atoms with Crippen LogP contribution in [0.25, 0.3) is 16.6 Å². The number of para-hydroxylation sites is 2. The number of unbranched alkanes of at least 4 members (excludes halogenated alkanes) is 4. The quantitative estimate of drug-likeness (QED) is 0.322. The highest BCUT2D eigenvalue weighted by molar-refractivity contribution is 5.79. The van der Waals surface area contributed by atoms with E-state index in [1.54, 1.807) is 4.57 Å². The molecule has 0 bridgehead atoms. The van der Waals surface area contributed by atoms with Crippen molar-refractivity contribution in [2.75, 3.05) is 6.54 Å². The minimum atomic E-state index is -0.315. The van der Waals surface area contributed by atoms with E-state index in [0.717, 1.165) is 30.5 Å². The lowest BCUT2D eigenvalue weighted by molar-refractivity contribution is -0.133. The molecule has 0 saturated carbocycles. The number of hydrogen-bond donors (Lipinski definition) is 0. The number of hydrogen-bond acceptors (Lipinski definition) is 3. The molecule has 0 aliphatic rings. The summed E-state index contributed by atoms with van der Waals surface area (Å²) in [7, 11) is 0. The number of rotatable bonds is 11. The predicted octanol–water partition coefficient (Wildman–Crippen LogP) is 6.35. The van der Waals surface area contributed by atoms with Crippen molar-refractivity contribution < 1.29 is 4.79 Å². The monoisotopic (exact) mass is 447 g/mol. The molecule has 3 rings (SSSR count). The first-order chi connectivity index (χ1) is 16.0. The van der Waals surface area contributed by atoms with Crippen molar-refractivity contribution in [2.24, 2.45) is 0 Å². The molecule has 0 radical (unpaired) electrons. The van der Waals surface area contributed by atoms with E-state index in [-0.39, 0.29) is 17.5 Å². The number of nitrogens with zero attached hydrogens (tertiary/aromatic N) is 3. The van der Waals surface area contributed by atoms with Crippen LogP contribution in [-0.4, -0.2) is 26.9 Å². The van der Waals surface area contributed by atoms with E-state index in [4.69, 9.17) is 4.98 Å². The van der Waals surface area contributed by atoms with E-state index >= 15 is 0 Å². The smallest absolute Gasteiger partial charge is 0.266 e. The van der Waals surface area contributed by atoms with Gasteiger partial charge in [-0.3, -0.25) is 14.2 Å². The summed E-state index contributed by atoms with van der Waals surface area (Å²) in [5, 5.41) is 0.584. The summed E-state index contributed by atoms with van der Waals surface area (Å²) >= 11 is 0. The number of carbonyl (C=O) groups is 1. The molecule has 2 aromatic carbocycles. The second-order valence-electron chi connectivity index (χ2n) is 8.84. The third kappa shape index (κ3) is 5.70. The number of aromatic nitrogens is 2. The molecule has 0 aliphatic carbocycles. The van der Waals surface area contributed by atoms with Crippen molar-refractivity contribution in [3.8, 4) is 5.69 Å². The Labute approximate surface area is 197 Å². The van der Waals surface area contributed by atoms with Crippen LogP contribution in [0, 0.1) is 6.92 Å². The van der Waals surface area contributed by atoms with Crippen LogP contribution in [-0.2, 0) is 4.79 Å². The summed E-state index contributed by atoms with van der Waals surface area (Å²) in [4.78, 5) is 33.7. The number of fused-ring (bicyclic) bond motifs is 1. The van der Waals surface area contributed by atoms with Crippen molar-refractivity contribution in [1.29, 1.82) is 0 Å². The normalized spacial score (nSPS) is 12.1. The zero-order chi connectivity index (χ0) is 23.8. The summed E-state index contributed by atoms with van der Waals surface area (Å²) in [6.07, 6.45) is 6.96. The lowest BCUT2D eigenvalue weighted by Gasteiger charge is -2.30. The molecule has 5 nitrogen and oxygen atoms in total. The highest BCUT2D eigenvalue weighted by atomic mass is 16.2. The molecule has 0 saturated heterocycles. The summed E-state index contributed by atoms with van der Waals surface area (Å²) in [5.41, 5.74) is 2.37. The van der Waals surface area contributed by atoms with Gasteiger partial charge in [-0.1, -0.05) is 69.9 Å². The number of benzene rings is 2. The Bertz CT molecular complexity index is 1140. The van der Waals surface area contributed by atoms with Gasteiger partial charge in [0.15, 0.2) is 0 Å². The largest absolute Gasteiger partial charge is 0.333 e. The molecule has 0 spiro atoms. The van der Waals surface area contributed by atoms with Crippen LogP contribution >= 0.6 is 0 Å². The second-order valence-corrected chi connectivity index (χ2v) is 8.84. The molecule has 1 unspecified atom stereocenters. The van der Waals surface area contributed by atoms with Crippen molar-refractivity contribution in [1.82, 2.24) is 14.5 Å². The van der Waals surface area contributed by atoms with E-state index < -0.39 is 0 Å². The molecule has 176 valence electrons. The first-order valence-corrected chi connectivity index (χ1v) is 12.4. The summed E-state index contributed by atoms with van der Waals surface area (Å²) in [6, 6.07) is 15.0. The lowest BCUT2D eigenvalue weighted by atomic mass is 10.1. The minimum absolute atomic E-state index is 0.0970. The fourth-order valence-corrected chi connectivity index (χ4v) is 4.42. The van der Waals surface area contributed by atoms with E-state index in [0.29, 0.717) is 29.7 Å². The summed E-state index contributed by atoms with van der Waals surface area (Å²) in [6.45, 7) is 8.91. The van der Waals surface area contributed by atoms with Gasteiger partial charge in [-0.2, -0.15) is 0 Å². The van der Waals surface area contributed by atoms with Gasteiger partial charge in [0.25, 0.3) is 5.56 Å². The van der Waals surface area contributed by atoms with Gasteiger partial charge in [0.1, 0.15) is 5.82 Å². The van der Waals surface area contributed by atoms with E-state index in [1.165, 1.54) is 19.3 Å². The molecule has 0 aliphatic heterocycles. The second kappa shape index (κ2) is 11.8. The zero-order valence-electron chi connectivity index (χ0n) is 20.5. The van der Waals surface area contributed by atoms with Gasteiger partial charge >= 0.3 is 0 Å². The van der Waals surface area contributed by atoms with Gasteiger partial charge in [-0.15, -0.1) is 0 Å². The van der Waals surface area contributed by atoms with Crippen LogP contribution in [0.15, 0.2) is 53.3 Å². The number of carbonyl (C=O) groups excluding carboxylic acids is 1. The maximum Gasteiger partial charge on any atom is 0.266 e. The summed E-state index contributed by atoms with van der Waals surface area (Å²) in [5.74, 6) is 0.750. The van der Waals surface area contributed by atoms with Gasteiger partial charge in [-0.05, 0) is 50.5 Å². The SMILES string of the molecule is CCCCCCCC(=O)N(CCC)C(C)c1nc2ccccc2c(=O)n1-c1ccccc1C. The molecule has 1 heterocycles. The predicted molar refractivity (Wildman–Crippen MR) is 136 cm³/mol. The fraction of sp³-hybridized carbons (Fsp3) is 0.464. The Morgan fingerprint density at radius 2 is 1.67 bits per heavy atom. The molecule has 3 aromatic rings. The van der Waals surface area contributed by atoms with Crippen LogP contribution in [0.4, 0.5) is 0 Å². The topological polar surface area (TPSA) is 55.2 Å². The maximum absolute atomic E-state index is 13.6. The van der Waals surface area contributed by atoms with Crippen LogP contribution in [0.1, 0.15) is 83.1 Å². The number of amides is 1. The Morgan fingerprint density at radius 3 is 2.39 bits per heavy atom. The Balaban J connectivity index is 2.04. The number of aryl methyl sites for hydroxylation is 1. The fourth-order valence-electron chi connectivity index (χ4n) is 4.42. The van der Waals surface area contributed by atoms with Gasteiger partial charge in [0.2, 0.25) is 5.91 Å². The molecule has 33 heavy (non-hydrogen) atoms. The molecule has 5 heteroatoms. The van der Waals surface area contributed by atoms with E-state index in [1.807, 2.05) is 67.3 Å². The van der Waals surface area contributed by atoms with Crippen molar-refractivity contribution in [3.63, 3.8) is 0 Å². The van der Waals surface area contributed by atoms with Gasteiger partial charge < -0.3 is 4.90 Å². The van der Waals surface area contributed by atoms with Gasteiger partial charge in [0.05, 0.1) is 22.6 Å². The Hall–Kier alpha value is -2.95. The zero-order valence-corrected chi connectivity index (χ0v) is 20.5. The van der Waals surface area contributed by atoms with E-state index in [9.17, 15) is 9.59 Å². The lowest BCUT2D eigenvalue weighted by Crippen LogP contribution is -2.38. The first kappa shape index (κ1) is 24.7. The molecular weight excluding hydrogens is 410 g/mol. The van der Waals surface area contributed by atoms with Crippen LogP contribution in [0.5, 0.6) is 0 Å². The molecule has 1 atom stereocenters. The Kier molecular flexibility index (Phi) is 8.81. The van der Waals surface area contributed by atoms with Crippen molar-refractivity contribution >= 4 is 16.8 Å². The van der Waals surface area contributed by atoms with Crippen molar-refractivity contribution in [3.05, 3.63) is 70.3 Å². The highest BCUT2D eigenvalue weighted by Gasteiger charge is 2.26. The van der Waals surface area contributed by atoms with Crippen molar-refractivity contribution in [2.45, 2.75) is 78.7 Å². The minimum Gasteiger partial charge on any atom is -0.333 e. The van der Waals surface area contributed by atoms with Crippen LogP contribution in [0.2, 0.25) is 0 Å². The molecule has 0 N–H and O–H groups in total. The molecule has 1 aromatic heterocycles.